The quantitative estimate of drug-likeness (QED) is 0.267. The van der Waals surface area contributed by atoms with Crippen LogP contribution in [0, 0.1) is 17.8 Å². The number of methoxy groups -OCH3 is 1. The lowest BCUT2D eigenvalue weighted by atomic mass is 9.70. The van der Waals surface area contributed by atoms with Crippen molar-refractivity contribution in [3.63, 3.8) is 0 Å². The molecule has 2 aromatic rings. The van der Waals surface area contributed by atoms with Crippen LogP contribution in [0.15, 0.2) is 48.6 Å². The van der Waals surface area contributed by atoms with Gasteiger partial charge in [0.05, 0.1) is 17.5 Å². The fraction of sp³-hybridized carbons (Fsp3) is 0.556. The van der Waals surface area contributed by atoms with E-state index in [1.165, 1.54) is 25.2 Å². The lowest BCUT2D eigenvalue weighted by Gasteiger charge is -2.43. The van der Waals surface area contributed by atoms with Crippen LogP contribution in [0.2, 0.25) is 5.02 Å². The molecule has 6 atom stereocenters. The lowest BCUT2D eigenvalue weighted by molar-refractivity contribution is -0.149. The molecule has 9 nitrogen and oxygen atoms in total. The predicted octanol–water partition coefficient (Wildman–Crippen LogP) is 6.29. The second-order valence-corrected chi connectivity index (χ2v) is 15.5. The summed E-state index contributed by atoms with van der Waals surface area (Å²) < 4.78 is 47.2. The zero-order valence-corrected chi connectivity index (χ0v) is 29.3. The Morgan fingerprint density at radius 2 is 1.96 bits per heavy atom. The van der Waals surface area contributed by atoms with Gasteiger partial charge in [-0.1, -0.05) is 44.0 Å². The first-order valence-corrected chi connectivity index (χ1v) is 18.6. The van der Waals surface area contributed by atoms with E-state index >= 15 is 0 Å². The van der Waals surface area contributed by atoms with Gasteiger partial charge in [-0.15, -0.1) is 0 Å². The number of nitrogens with zero attached hydrogens (tertiary/aromatic N) is 1. The Balaban J connectivity index is 1.57. The first-order chi connectivity index (χ1) is 22.5. The molecule has 1 N–H and O–H groups in total. The van der Waals surface area contributed by atoms with Crippen molar-refractivity contribution in [2.75, 3.05) is 38.3 Å². The number of benzene rings is 2. The molecular formula is C36H47ClN2O7S. The summed E-state index contributed by atoms with van der Waals surface area (Å²) in [5, 5.41) is -0.169. The van der Waals surface area contributed by atoms with Crippen molar-refractivity contribution in [2.24, 2.45) is 17.8 Å². The fourth-order valence-corrected chi connectivity index (χ4v) is 9.13. The van der Waals surface area contributed by atoms with Gasteiger partial charge in [0.15, 0.2) is 0 Å². The maximum absolute atomic E-state index is 13.7. The average molecular weight is 687 g/mol. The van der Waals surface area contributed by atoms with Crippen LogP contribution in [-0.4, -0.2) is 65.1 Å². The van der Waals surface area contributed by atoms with Gasteiger partial charge >= 0.3 is 5.97 Å². The highest BCUT2D eigenvalue weighted by atomic mass is 35.5. The highest BCUT2D eigenvalue weighted by Gasteiger charge is 2.40. The number of halogens is 1. The minimum atomic E-state index is -4.07. The van der Waals surface area contributed by atoms with Crippen LogP contribution in [0.5, 0.6) is 5.75 Å². The number of aryl methyl sites for hydroxylation is 1. The van der Waals surface area contributed by atoms with E-state index in [1.807, 2.05) is 31.2 Å². The third kappa shape index (κ3) is 8.32. The monoisotopic (exact) mass is 686 g/mol. The average Bonchev–Trinajstić information content (AvgIpc) is 3.17. The van der Waals surface area contributed by atoms with Gasteiger partial charge in [-0.2, -0.15) is 0 Å². The number of nitrogens with one attached hydrogen (secondary N) is 1. The molecule has 2 heterocycles. The van der Waals surface area contributed by atoms with E-state index in [2.05, 4.69) is 22.6 Å². The van der Waals surface area contributed by atoms with Crippen LogP contribution in [-0.2, 0) is 30.7 Å². The van der Waals surface area contributed by atoms with E-state index in [1.54, 1.807) is 18.2 Å². The van der Waals surface area contributed by atoms with Crippen LogP contribution in [0.25, 0.3) is 0 Å². The Morgan fingerprint density at radius 3 is 2.66 bits per heavy atom. The zero-order chi connectivity index (χ0) is 33.7. The highest BCUT2D eigenvalue weighted by Crippen LogP contribution is 2.43. The van der Waals surface area contributed by atoms with Crippen molar-refractivity contribution < 1.29 is 32.2 Å². The minimum absolute atomic E-state index is 0.0233. The summed E-state index contributed by atoms with van der Waals surface area (Å²) in [6.07, 6.45) is 7.84. The molecule has 47 heavy (non-hydrogen) atoms. The van der Waals surface area contributed by atoms with Crippen LogP contribution in [0.4, 0.5) is 5.69 Å². The van der Waals surface area contributed by atoms with Crippen LogP contribution in [0.3, 0.4) is 0 Å². The molecule has 2 bridgehead atoms. The molecule has 1 amide bonds. The third-order valence-corrected chi connectivity index (χ3v) is 12.1. The summed E-state index contributed by atoms with van der Waals surface area (Å²) in [6.45, 7) is 7.38. The number of ether oxygens (including phenoxy) is 3. The molecule has 5 rings (SSSR count). The first-order valence-electron chi connectivity index (χ1n) is 16.7. The van der Waals surface area contributed by atoms with Crippen molar-refractivity contribution in [3.8, 4) is 5.75 Å². The molecule has 1 saturated carbocycles. The minimum Gasteiger partial charge on any atom is -0.491 e. The number of carbonyl (C=O) groups excluding carboxylic acids is 2. The molecule has 1 fully saturated rings. The second-order valence-electron chi connectivity index (χ2n) is 13.2. The Kier molecular flexibility index (Phi) is 11.6. The summed E-state index contributed by atoms with van der Waals surface area (Å²) in [4.78, 5) is 28.1. The summed E-state index contributed by atoms with van der Waals surface area (Å²) >= 11 is 6.41. The number of esters is 1. The zero-order valence-electron chi connectivity index (χ0n) is 27.7. The summed E-state index contributed by atoms with van der Waals surface area (Å²) in [5.41, 5.74) is 3.36. The van der Waals surface area contributed by atoms with Crippen LogP contribution in [0.1, 0.15) is 80.3 Å². The first kappa shape index (κ1) is 35.2. The van der Waals surface area contributed by atoms with Gasteiger partial charge in [0, 0.05) is 56.2 Å². The number of amides is 1. The molecule has 0 radical (unpaired) electrons. The number of rotatable bonds is 7. The Bertz CT molecular complexity index is 1580. The molecule has 0 saturated heterocycles. The Hall–Kier alpha value is -3.08. The molecule has 11 heteroatoms. The number of hydrogen-bond acceptors (Lipinski definition) is 8. The lowest BCUT2D eigenvalue weighted by Crippen LogP contribution is -2.45. The summed E-state index contributed by atoms with van der Waals surface area (Å²) in [7, 11) is -2.54. The topological polar surface area (TPSA) is 111 Å². The molecule has 0 spiro atoms. The molecule has 3 aliphatic rings. The molecule has 2 aromatic carbocycles. The highest BCUT2D eigenvalue weighted by molar-refractivity contribution is 7.90. The molecule has 2 aliphatic heterocycles. The van der Waals surface area contributed by atoms with Crippen molar-refractivity contribution in [1.29, 1.82) is 0 Å². The maximum atomic E-state index is 13.7. The number of anilines is 1. The van der Waals surface area contributed by atoms with E-state index in [4.69, 9.17) is 25.8 Å². The molecule has 1 aliphatic carbocycles. The van der Waals surface area contributed by atoms with E-state index in [0.717, 1.165) is 31.4 Å². The third-order valence-electron chi connectivity index (χ3n) is 9.87. The number of fused-ring (bicyclic) bond motifs is 2. The predicted molar refractivity (Wildman–Crippen MR) is 184 cm³/mol. The fourth-order valence-electron chi connectivity index (χ4n) is 7.28. The van der Waals surface area contributed by atoms with Gasteiger partial charge in [-0.05, 0) is 91.5 Å². The molecule has 256 valence electrons. The molecular weight excluding hydrogens is 640 g/mol. The number of sulfonamides is 1. The smallest absolute Gasteiger partial charge is 0.303 e. The Labute approximate surface area is 284 Å². The van der Waals surface area contributed by atoms with E-state index in [0.29, 0.717) is 36.9 Å². The Morgan fingerprint density at radius 1 is 1.15 bits per heavy atom. The normalized spacial score (nSPS) is 28.1. The molecule has 6 unspecified atom stereocenters. The van der Waals surface area contributed by atoms with Gasteiger partial charge in [-0.3, -0.25) is 9.59 Å². The van der Waals surface area contributed by atoms with E-state index in [9.17, 15) is 18.0 Å². The van der Waals surface area contributed by atoms with E-state index in [-0.39, 0.29) is 48.2 Å². The number of carbonyl (C=O) groups is 2. The van der Waals surface area contributed by atoms with Crippen LogP contribution < -0.4 is 14.4 Å². The van der Waals surface area contributed by atoms with Crippen molar-refractivity contribution in [1.82, 2.24) is 4.72 Å². The second kappa shape index (κ2) is 15.4. The number of allylic oxidation sites excluding steroid dienone is 1. The van der Waals surface area contributed by atoms with Crippen LogP contribution >= 0.6 is 11.6 Å². The maximum Gasteiger partial charge on any atom is 0.303 e. The van der Waals surface area contributed by atoms with Gasteiger partial charge in [0.2, 0.25) is 10.0 Å². The van der Waals surface area contributed by atoms with Gasteiger partial charge < -0.3 is 19.1 Å². The van der Waals surface area contributed by atoms with Gasteiger partial charge in [-0.25, -0.2) is 13.1 Å². The standard InChI is InChI=1S/C36H47ClN2O7S/c1-5-7-25-18-29(37)12-14-30(25)28-21-39-20-27-10-13-31(27)33(46-24(3)40)9-6-8-23(2)35(16-17-44-4)47(42,43)38-36(41)26-11-15-34(45-22-28)32(39)19-26/h6,9,11-12,14-15,18-19,23,27-28,31,33,35H,5,7-8,10,13,16-17,20-22H2,1-4H3,(H,38,41)/b9-6+. The van der Waals surface area contributed by atoms with Crippen molar-refractivity contribution in [3.05, 3.63) is 70.3 Å². The van der Waals surface area contributed by atoms with Gasteiger partial charge in [0.25, 0.3) is 5.91 Å². The molecule has 0 aromatic heterocycles. The summed E-state index contributed by atoms with van der Waals surface area (Å²) in [6, 6.07) is 11.2. The SMILES string of the molecule is CCCc1cc(Cl)ccc1C1COc2ccc3cc2N(C1)CC1CCC1C(OC(C)=O)/C=C/CC(C)C(CCOC)S(=O)(=O)NC3=O. The van der Waals surface area contributed by atoms with Crippen molar-refractivity contribution >= 4 is 39.2 Å². The van der Waals surface area contributed by atoms with Gasteiger partial charge in [0.1, 0.15) is 11.9 Å². The van der Waals surface area contributed by atoms with Crippen molar-refractivity contribution in [2.45, 2.75) is 76.6 Å². The van der Waals surface area contributed by atoms with E-state index < -0.39 is 27.3 Å². The largest absolute Gasteiger partial charge is 0.491 e. The summed E-state index contributed by atoms with van der Waals surface area (Å²) in [5.74, 6) is -0.351. The number of hydrogen-bond donors (Lipinski definition) is 1.